The number of nitrogens with zero attached hydrogens (tertiary/aromatic N) is 2. The Morgan fingerprint density at radius 2 is 2.11 bits per heavy atom. The lowest BCUT2D eigenvalue weighted by Crippen LogP contribution is -2.36. The summed E-state index contributed by atoms with van der Waals surface area (Å²) in [7, 11) is -3.48. The van der Waals surface area contributed by atoms with Crippen molar-refractivity contribution in [2.45, 2.75) is 37.6 Å². The smallest absolute Gasteiger partial charge is 0.207 e. The van der Waals surface area contributed by atoms with Gasteiger partial charge in [-0.25, -0.2) is 8.42 Å². The van der Waals surface area contributed by atoms with Crippen LogP contribution in [0.4, 0.5) is 0 Å². The van der Waals surface area contributed by atoms with Gasteiger partial charge >= 0.3 is 0 Å². The fraction of sp³-hybridized carbons (Fsp3) is 0.500. The second-order valence-corrected chi connectivity index (χ2v) is 7.23. The van der Waals surface area contributed by atoms with Gasteiger partial charge < -0.3 is 0 Å². The molecular formula is C14H18N2O2S. The van der Waals surface area contributed by atoms with E-state index in [-0.39, 0.29) is 16.9 Å². The van der Waals surface area contributed by atoms with Gasteiger partial charge in [0, 0.05) is 12.6 Å². The third-order valence-electron chi connectivity index (χ3n) is 3.07. The molecule has 2 rings (SSSR count). The number of hydrogen-bond acceptors (Lipinski definition) is 3. The monoisotopic (exact) mass is 278 g/mol. The predicted octanol–water partition coefficient (Wildman–Crippen LogP) is 2.37. The molecule has 0 atom stereocenters. The van der Waals surface area contributed by atoms with Crippen molar-refractivity contribution in [3.8, 4) is 6.07 Å². The normalized spacial score (nSPS) is 15.7. The summed E-state index contributed by atoms with van der Waals surface area (Å²) in [5.41, 5.74) is 0.376. The summed E-state index contributed by atoms with van der Waals surface area (Å²) < 4.78 is 26.9. The summed E-state index contributed by atoms with van der Waals surface area (Å²) in [6.45, 7) is 4.55. The van der Waals surface area contributed by atoms with E-state index in [0.717, 1.165) is 12.8 Å². The molecule has 0 aromatic heterocycles. The van der Waals surface area contributed by atoms with Crippen molar-refractivity contribution in [3.05, 3.63) is 29.8 Å². The summed E-state index contributed by atoms with van der Waals surface area (Å²) in [4.78, 5) is 0.221. The highest BCUT2D eigenvalue weighted by atomic mass is 32.2. The maximum absolute atomic E-state index is 12.6. The van der Waals surface area contributed by atoms with Crippen molar-refractivity contribution >= 4 is 10.0 Å². The number of benzene rings is 1. The van der Waals surface area contributed by atoms with Crippen LogP contribution in [-0.4, -0.2) is 25.3 Å². The molecule has 1 aromatic carbocycles. The zero-order valence-corrected chi connectivity index (χ0v) is 12.0. The lowest BCUT2D eigenvalue weighted by Gasteiger charge is -2.23. The summed E-state index contributed by atoms with van der Waals surface area (Å²) in [5.74, 6) is 0.287. The van der Waals surface area contributed by atoms with Crippen LogP contribution in [0.25, 0.3) is 0 Å². The first-order valence-corrected chi connectivity index (χ1v) is 7.91. The number of nitriles is 1. The molecule has 4 nitrogen and oxygen atoms in total. The van der Waals surface area contributed by atoms with Crippen molar-refractivity contribution < 1.29 is 8.42 Å². The molecule has 0 heterocycles. The quantitative estimate of drug-likeness (QED) is 0.830. The largest absolute Gasteiger partial charge is 0.243 e. The van der Waals surface area contributed by atoms with Crippen molar-refractivity contribution in [2.75, 3.05) is 6.54 Å². The molecule has 1 aromatic rings. The maximum atomic E-state index is 12.6. The van der Waals surface area contributed by atoms with Crippen LogP contribution in [0.2, 0.25) is 0 Å². The SMILES string of the molecule is CC(C)CN(C1CC1)S(=O)(=O)c1cccc(C#N)c1. The Morgan fingerprint density at radius 1 is 1.42 bits per heavy atom. The van der Waals surface area contributed by atoms with Gasteiger partial charge in [-0.2, -0.15) is 9.57 Å². The molecule has 1 fully saturated rings. The highest BCUT2D eigenvalue weighted by molar-refractivity contribution is 7.89. The van der Waals surface area contributed by atoms with E-state index in [1.54, 1.807) is 22.5 Å². The highest BCUT2D eigenvalue weighted by Crippen LogP contribution is 2.32. The first-order chi connectivity index (χ1) is 8.95. The van der Waals surface area contributed by atoms with E-state index in [1.165, 1.54) is 6.07 Å². The molecule has 0 bridgehead atoms. The molecule has 0 aliphatic heterocycles. The van der Waals surface area contributed by atoms with Gasteiger partial charge in [-0.3, -0.25) is 0 Å². The molecule has 0 unspecified atom stereocenters. The van der Waals surface area contributed by atoms with E-state index in [1.807, 2.05) is 19.9 Å². The van der Waals surface area contributed by atoms with Crippen LogP contribution in [0.1, 0.15) is 32.3 Å². The third kappa shape index (κ3) is 3.14. The third-order valence-corrected chi connectivity index (χ3v) is 4.98. The Hall–Kier alpha value is -1.38. The second kappa shape index (κ2) is 5.32. The predicted molar refractivity (Wildman–Crippen MR) is 72.9 cm³/mol. The van der Waals surface area contributed by atoms with Crippen LogP contribution >= 0.6 is 0 Å². The summed E-state index contributed by atoms with van der Waals surface area (Å²) >= 11 is 0. The lowest BCUT2D eigenvalue weighted by atomic mass is 10.2. The van der Waals surface area contributed by atoms with Crippen LogP contribution in [0.5, 0.6) is 0 Å². The average molecular weight is 278 g/mol. The Labute approximate surface area is 114 Å². The molecule has 1 aliphatic carbocycles. The fourth-order valence-corrected chi connectivity index (χ4v) is 3.92. The Kier molecular flexibility index (Phi) is 3.93. The summed E-state index contributed by atoms with van der Waals surface area (Å²) in [6.07, 6.45) is 1.87. The van der Waals surface area contributed by atoms with Gasteiger partial charge in [-0.1, -0.05) is 19.9 Å². The lowest BCUT2D eigenvalue weighted by molar-refractivity contribution is 0.360. The van der Waals surface area contributed by atoms with Crippen molar-refractivity contribution in [2.24, 2.45) is 5.92 Å². The van der Waals surface area contributed by atoms with Crippen molar-refractivity contribution in [1.29, 1.82) is 5.26 Å². The fourth-order valence-electron chi connectivity index (χ4n) is 2.03. The molecule has 0 amide bonds. The van der Waals surface area contributed by atoms with E-state index in [2.05, 4.69) is 0 Å². The van der Waals surface area contributed by atoms with Crippen molar-refractivity contribution in [1.82, 2.24) is 4.31 Å². The molecule has 1 aliphatic rings. The van der Waals surface area contributed by atoms with Gasteiger partial charge in [0.25, 0.3) is 0 Å². The van der Waals surface area contributed by atoms with Gasteiger partial charge in [0.2, 0.25) is 10.0 Å². The van der Waals surface area contributed by atoms with E-state index >= 15 is 0 Å². The molecule has 19 heavy (non-hydrogen) atoms. The summed E-state index contributed by atoms with van der Waals surface area (Å²) in [6, 6.07) is 8.36. The topological polar surface area (TPSA) is 61.2 Å². The van der Waals surface area contributed by atoms with Gasteiger partial charge in [0.05, 0.1) is 16.5 Å². The number of hydrogen-bond donors (Lipinski definition) is 0. The van der Waals surface area contributed by atoms with Crippen molar-refractivity contribution in [3.63, 3.8) is 0 Å². The van der Waals surface area contributed by atoms with Crippen LogP contribution in [0.3, 0.4) is 0 Å². The molecule has 0 N–H and O–H groups in total. The number of rotatable bonds is 5. The van der Waals surface area contributed by atoms with Crippen LogP contribution in [0.15, 0.2) is 29.2 Å². The van der Waals surface area contributed by atoms with E-state index < -0.39 is 10.0 Å². The molecular weight excluding hydrogens is 260 g/mol. The molecule has 0 radical (unpaired) electrons. The standard InChI is InChI=1S/C14H18N2O2S/c1-11(2)10-16(13-6-7-13)19(17,18)14-5-3-4-12(8-14)9-15/h3-5,8,11,13H,6-7,10H2,1-2H3. The van der Waals surface area contributed by atoms with Gasteiger partial charge in [-0.15, -0.1) is 0 Å². The van der Waals surface area contributed by atoms with E-state index in [4.69, 9.17) is 5.26 Å². The minimum absolute atomic E-state index is 0.137. The molecule has 0 saturated heterocycles. The molecule has 102 valence electrons. The minimum Gasteiger partial charge on any atom is -0.207 e. The molecule has 0 spiro atoms. The van der Waals surface area contributed by atoms with Gasteiger partial charge in [-0.05, 0) is 37.0 Å². The first-order valence-electron chi connectivity index (χ1n) is 6.47. The molecule has 1 saturated carbocycles. The number of sulfonamides is 1. The van der Waals surface area contributed by atoms with E-state index in [0.29, 0.717) is 12.1 Å². The van der Waals surface area contributed by atoms with E-state index in [9.17, 15) is 8.42 Å². The van der Waals surface area contributed by atoms with Gasteiger partial charge in [0.1, 0.15) is 0 Å². The van der Waals surface area contributed by atoms with Crippen LogP contribution < -0.4 is 0 Å². The average Bonchev–Trinajstić information content (AvgIpc) is 3.20. The Bertz CT molecular complexity index is 598. The minimum atomic E-state index is -3.48. The summed E-state index contributed by atoms with van der Waals surface area (Å²) in [5, 5.41) is 8.87. The Morgan fingerprint density at radius 3 is 2.63 bits per heavy atom. The van der Waals surface area contributed by atoms with Crippen LogP contribution in [-0.2, 0) is 10.0 Å². The first kappa shape index (κ1) is 14.0. The second-order valence-electron chi connectivity index (χ2n) is 5.34. The van der Waals surface area contributed by atoms with Crippen LogP contribution in [0, 0.1) is 17.2 Å². The molecule has 5 heteroatoms. The zero-order chi connectivity index (χ0) is 14.0. The maximum Gasteiger partial charge on any atom is 0.243 e. The van der Waals surface area contributed by atoms with Gasteiger partial charge in [0.15, 0.2) is 0 Å². The Balaban J connectivity index is 2.36. The zero-order valence-electron chi connectivity index (χ0n) is 11.2. The highest BCUT2D eigenvalue weighted by Gasteiger charge is 2.38.